The molecule has 0 unspecified atom stereocenters. The van der Waals surface area contributed by atoms with E-state index in [9.17, 15) is 4.79 Å². The minimum absolute atomic E-state index is 0.0482. The van der Waals surface area contributed by atoms with Crippen LogP contribution in [-0.4, -0.2) is 30.3 Å². The fourth-order valence-electron chi connectivity index (χ4n) is 2.44. The van der Waals surface area contributed by atoms with Crippen molar-refractivity contribution >= 4 is 11.6 Å². The Morgan fingerprint density at radius 3 is 2.44 bits per heavy atom. The average molecular weight is 345 g/mol. The summed E-state index contributed by atoms with van der Waals surface area (Å²) in [5, 5.41) is 10.5. The third-order valence-electron chi connectivity index (χ3n) is 3.92. The number of aryl methyl sites for hydroxylation is 1. The molecular weight excluding hydrogens is 318 g/mol. The van der Waals surface area contributed by atoms with E-state index < -0.39 is 5.41 Å². The van der Waals surface area contributed by atoms with Gasteiger partial charge in [0, 0.05) is 11.0 Å². The third-order valence-corrected chi connectivity index (χ3v) is 3.92. The van der Waals surface area contributed by atoms with Crippen LogP contribution in [0, 0.1) is 5.41 Å². The van der Waals surface area contributed by atoms with Gasteiger partial charge in [0.2, 0.25) is 5.91 Å². The summed E-state index contributed by atoms with van der Waals surface area (Å²) in [6, 6.07) is 5.59. The predicted molar refractivity (Wildman–Crippen MR) is 99.2 cm³/mol. The van der Waals surface area contributed by atoms with Crippen molar-refractivity contribution in [1.82, 2.24) is 10.2 Å². The summed E-state index contributed by atoms with van der Waals surface area (Å²) in [5.41, 5.74) is 2.71. The maximum atomic E-state index is 12.5. The first-order valence-electron chi connectivity index (χ1n) is 8.42. The first kappa shape index (κ1) is 18.8. The molecular formula is C19H27N3O3. The summed E-state index contributed by atoms with van der Waals surface area (Å²) in [6.45, 7) is 7.75. The highest BCUT2D eigenvalue weighted by molar-refractivity contribution is 5.98. The lowest BCUT2D eigenvalue weighted by atomic mass is 9.95. The van der Waals surface area contributed by atoms with E-state index in [1.807, 2.05) is 39.0 Å². The van der Waals surface area contributed by atoms with Gasteiger partial charge in [-0.15, -0.1) is 0 Å². The number of anilines is 1. The second-order valence-electron chi connectivity index (χ2n) is 6.95. The van der Waals surface area contributed by atoms with Gasteiger partial charge in [0.05, 0.1) is 25.6 Å². The van der Waals surface area contributed by atoms with Gasteiger partial charge in [0.25, 0.3) is 0 Å². The van der Waals surface area contributed by atoms with Crippen molar-refractivity contribution in [1.29, 1.82) is 0 Å². The van der Waals surface area contributed by atoms with Gasteiger partial charge in [0.15, 0.2) is 11.5 Å². The number of aromatic amines is 1. The Balaban J connectivity index is 2.49. The van der Waals surface area contributed by atoms with Crippen LogP contribution >= 0.6 is 0 Å². The topological polar surface area (TPSA) is 76.2 Å². The number of nitrogens with zero attached hydrogens (tertiary/aromatic N) is 1. The Bertz CT molecular complexity index is 745. The fourth-order valence-corrected chi connectivity index (χ4v) is 2.44. The second kappa shape index (κ2) is 7.59. The first-order chi connectivity index (χ1) is 11.8. The quantitative estimate of drug-likeness (QED) is 0.829. The molecule has 2 N–H and O–H groups in total. The zero-order chi connectivity index (χ0) is 18.6. The number of H-pyrrole nitrogens is 1. The maximum absolute atomic E-state index is 12.5. The van der Waals surface area contributed by atoms with Crippen molar-refractivity contribution in [2.24, 2.45) is 5.41 Å². The molecule has 2 rings (SSSR count). The number of benzene rings is 1. The van der Waals surface area contributed by atoms with E-state index >= 15 is 0 Å². The molecule has 0 atom stereocenters. The molecule has 0 aliphatic carbocycles. The molecule has 0 fully saturated rings. The summed E-state index contributed by atoms with van der Waals surface area (Å²) >= 11 is 0. The van der Waals surface area contributed by atoms with E-state index in [-0.39, 0.29) is 5.91 Å². The number of aromatic nitrogens is 2. The van der Waals surface area contributed by atoms with Gasteiger partial charge in [0.1, 0.15) is 5.69 Å². The van der Waals surface area contributed by atoms with E-state index in [0.29, 0.717) is 17.2 Å². The van der Waals surface area contributed by atoms with Crippen LogP contribution in [0.25, 0.3) is 11.3 Å². The number of hydrogen-bond donors (Lipinski definition) is 2. The Labute approximate surface area is 148 Å². The lowest BCUT2D eigenvalue weighted by molar-refractivity contribution is -0.123. The Morgan fingerprint density at radius 1 is 1.20 bits per heavy atom. The summed E-state index contributed by atoms with van der Waals surface area (Å²) in [5.74, 6) is 1.22. The highest BCUT2D eigenvalue weighted by Crippen LogP contribution is 2.36. The van der Waals surface area contributed by atoms with Gasteiger partial charge < -0.3 is 14.8 Å². The molecule has 1 heterocycles. The van der Waals surface area contributed by atoms with E-state index in [1.54, 1.807) is 14.2 Å². The lowest BCUT2D eigenvalue weighted by Crippen LogP contribution is -2.28. The first-order valence-corrected chi connectivity index (χ1v) is 8.42. The minimum atomic E-state index is -0.490. The highest BCUT2D eigenvalue weighted by Gasteiger charge is 2.25. The summed E-state index contributed by atoms with van der Waals surface area (Å²) in [4.78, 5) is 12.5. The SMILES string of the molecule is CCCc1[nH]nc(-c2ccc(OC)c(OC)c2)c1NC(=O)C(C)(C)C. The van der Waals surface area contributed by atoms with Gasteiger partial charge in [-0.1, -0.05) is 34.1 Å². The Hall–Kier alpha value is -2.50. The molecule has 0 saturated heterocycles. The molecule has 1 aromatic carbocycles. The second-order valence-corrected chi connectivity index (χ2v) is 6.95. The number of ether oxygens (including phenoxy) is 2. The summed E-state index contributed by atoms with van der Waals surface area (Å²) in [7, 11) is 3.19. The molecule has 25 heavy (non-hydrogen) atoms. The van der Waals surface area contributed by atoms with E-state index in [0.717, 1.165) is 29.8 Å². The van der Waals surface area contributed by atoms with Crippen molar-refractivity contribution in [3.8, 4) is 22.8 Å². The normalized spacial score (nSPS) is 11.3. The predicted octanol–water partition coefficient (Wildman–Crippen LogP) is 4.03. The molecule has 6 nitrogen and oxygen atoms in total. The van der Waals surface area contributed by atoms with Crippen LogP contribution in [0.1, 0.15) is 39.8 Å². The Morgan fingerprint density at radius 2 is 1.88 bits per heavy atom. The van der Waals surface area contributed by atoms with Crippen LogP contribution in [0.15, 0.2) is 18.2 Å². The van der Waals surface area contributed by atoms with Gasteiger partial charge in [-0.3, -0.25) is 9.89 Å². The summed E-state index contributed by atoms with van der Waals surface area (Å²) in [6.07, 6.45) is 1.76. The van der Waals surface area contributed by atoms with Gasteiger partial charge in [-0.25, -0.2) is 0 Å². The largest absolute Gasteiger partial charge is 0.493 e. The molecule has 0 aliphatic rings. The monoisotopic (exact) mass is 345 g/mol. The summed E-state index contributed by atoms with van der Waals surface area (Å²) < 4.78 is 10.7. The number of nitrogens with one attached hydrogen (secondary N) is 2. The van der Waals surface area contributed by atoms with Crippen molar-refractivity contribution in [2.45, 2.75) is 40.5 Å². The number of methoxy groups -OCH3 is 2. The molecule has 0 spiro atoms. The molecule has 6 heteroatoms. The maximum Gasteiger partial charge on any atom is 0.229 e. The number of rotatable bonds is 6. The molecule has 1 amide bonds. The Kier molecular flexibility index (Phi) is 5.72. The van der Waals surface area contributed by atoms with E-state index in [1.165, 1.54) is 0 Å². The van der Waals surface area contributed by atoms with Crippen molar-refractivity contribution < 1.29 is 14.3 Å². The molecule has 0 radical (unpaired) electrons. The highest BCUT2D eigenvalue weighted by atomic mass is 16.5. The molecule has 1 aromatic heterocycles. The van der Waals surface area contributed by atoms with Crippen LogP contribution < -0.4 is 14.8 Å². The van der Waals surface area contributed by atoms with Gasteiger partial charge in [-0.05, 0) is 24.6 Å². The molecule has 2 aromatic rings. The average Bonchev–Trinajstić information content (AvgIpc) is 2.96. The van der Waals surface area contributed by atoms with Crippen LogP contribution in [-0.2, 0) is 11.2 Å². The van der Waals surface area contributed by atoms with E-state index in [2.05, 4.69) is 22.4 Å². The van der Waals surface area contributed by atoms with Crippen LogP contribution in [0.2, 0.25) is 0 Å². The van der Waals surface area contributed by atoms with E-state index in [4.69, 9.17) is 9.47 Å². The zero-order valence-electron chi connectivity index (χ0n) is 15.8. The number of amides is 1. The lowest BCUT2D eigenvalue weighted by Gasteiger charge is -2.18. The molecule has 136 valence electrons. The minimum Gasteiger partial charge on any atom is -0.493 e. The molecule has 0 aliphatic heterocycles. The number of carbonyl (C=O) groups excluding carboxylic acids is 1. The van der Waals surface area contributed by atoms with Crippen LogP contribution in [0.5, 0.6) is 11.5 Å². The zero-order valence-corrected chi connectivity index (χ0v) is 15.8. The standard InChI is InChI=1S/C19H27N3O3/c1-7-8-13-17(20-18(23)19(2,3)4)16(22-21-13)12-9-10-14(24-5)15(11-12)25-6/h9-11H,7-8H2,1-6H3,(H,20,23)(H,21,22). The fraction of sp³-hybridized carbons (Fsp3) is 0.474. The van der Waals surface area contributed by atoms with Crippen LogP contribution in [0.3, 0.4) is 0 Å². The van der Waals surface area contributed by atoms with Gasteiger partial charge >= 0.3 is 0 Å². The number of carbonyl (C=O) groups is 1. The van der Waals surface area contributed by atoms with Crippen LogP contribution in [0.4, 0.5) is 5.69 Å². The van der Waals surface area contributed by atoms with Gasteiger partial charge in [-0.2, -0.15) is 5.10 Å². The third kappa shape index (κ3) is 4.13. The molecule has 0 bridgehead atoms. The number of hydrogen-bond acceptors (Lipinski definition) is 4. The smallest absolute Gasteiger partial charge is 0.229 e. The molecule has 0 saturated carbocycles. The van der Waals surface area contributed by atoms with Crippen molar-refractivity contribution in [3.05, 3.63) is 23.9 Å². The van der Waals surface area contributed by atoms with Crippen molar-refractivity contribution in [3.63, 3.8) is 0 Å². The van der Waals surface area contributed by atoms with Crippen molar-refractivity contribution in [2.75, 3.05) is 19.5 Å².